The number of carbonyl (C=O) groups is 1. The lowest BCUT2D eigenvalue weighted by Gasteiger charge is -1.72. The molecule has 0 amide bonds. The van der Waals surface area contributed by atoms with Crippen LogP contribution in [-0.4, -0.2) is 23.4 Å². The SMILES string of the molecule is CCC(=O)C=[N+]1CN1. The third kappa shape index (κ3) is 1.33. The first-order valence-corrected chi connectivity index (χ1v) is 2.71. The van der Waals surface area contributed by atoms with Gasteiger partial charge in [-0.1, -0.05) is 11.6 Å². The second kappa shape index (κ2) is 1.94. The largest absolute Gasteiger partial charge is 0.289 e. The fourth-order valence-corrected chi connectivity index (χ4v) is 0.397. The Labute approximate surface area is 48.0 Å². The molecule has 0 aliphatic carbocycles. The predicted octanol–water partition coefficient (Wildman–Crippen LogP) is -0.475. The van der Waals surface area contributed by atoms with Crippen LogP contribution in [0.2, 0.25) is 0 Å². The van der Waals surface area contributed by atoms with Gasteiger partial charge in [-0.3, -0.25) is 4.79 Å². The summed E-state index contributed by atoms with van der Waals surface area (Å²) >= 11 is 0. The van der Waals surface area contributed by atoms with Crippen molar-refractivity contribution in [2.45, 2.75) is 13.3 Å². The van der Waals surface area contributed by atoms with Gasteiger partial charge in [0.1, 0.15) is 0 Å². The van der Waals surface area contributed by atoms with Crippen LogP contribution < -0.4 is 5.43 Å². The summed E-state index contributed by atoms with van der Waals surface area (Å²) in [6, 6.07) is 0. The Morgan fingerprint density at radius 1 is 2.00 bits per heavy atom. The molecule has 3 nitrogen and oxygen atoms in total. The van der Waals surface area contributed by atoms with Crippen molar-refractivity contribution in [3.05, 3.63) is 0 Å². The molecule has 8 heavy (non-hydrogen) atoms. The second-order valence-corrected chi connectivity index (χ2v) is 1.73. The monoisotopic (exact) mass is 113 g/mol. The normalized spacial score (nSPS) is 20.4. The van der Waals surface area contributed by atoms with Crippen molar-refractivity contribution in [3.8, 4) is 0 Å². The molecule has 1 aliphatic heterocycles. The highest BCUT2D eigenvalue weighted by atomic mass is 16.1. The van der Waals surface area contributed by atoms with E-state index in [0.717, 1.165) is 6.67 Å². The third-order valence-corrected chi connectivity index (χ3v) is 0.989. The maximum absolute atomic E-state index is 10.5. The van der Waals surface area contributed by atoms with E-state index >= 15 is 0 Å². The number of nitrogens with one attached hydrogen (secondary N) is 1. The van der Waals surface area contributed by atoms with Crippen molar-refractivity contribution in [1.82, 2.24) is 5.43 Å². The molecule has 1 saturated heterocycles. The van der Waals surface area contributed by atoms with Gasteiger partial charge in [0.05, 0.1) is 0 Å². The molecule has 0 aromatic carbocycles. The molecule has 1 heterocycles. The molecule has 3 heteroatoms. The number of hydrazone groups is 1. The van der Waals surface area contributed by atoms with Crippen LogP contribution in [0.25, 0.3) is 0 Å². The minimum Gasteiger partial charge on any atom is -0.288 e. The number of nitrogens with zero attached hydrogens (tertiary/aromatic N) is 1. The first-order valence-electron chi connectivity index (χ1n) is 2.71. The smallest absolute Gasteiger partial charge is 0.288 e. The molecule has 0 atom stereocenters. The maximum Gasteiger partial charge on any atom is 0.289 e. The number of ketones is 1. The van der Waals surface area contributed by atoms with E-state index in [2.05, 4.69) is 5.43 Å². The van der Waals surface area contributed by atoms with Gasteiger partial charge in [-0.2, -0.15) is 0 Å². The molecule has 0 unspecified atom stereocenters. The van der Waals surface area contributed by atoms with Gasteiger partial charge >= 0.3 is 0 Å². The Morgan fingerprint density at radius 2 is 2.62 bits per heavy atom. The summed E-state index contributed by atoms with van der Waals surface area (Å²) in [5.74, 6) is 0.176. The van der Waals surface area contributed by atoms with E-state index in [1.807, 2.05) is 6.92 Å². The Bertz CT molecular complexity index is 133. The molecule has 0 radical (unpaired) electrons. The minimum atomic E-state index is 0.176. The summed E-state index contributed by atoms with van der Waals surface area (Å²) in [5.41, 5.74) is 2.86. The van der Waals surface area contributed by atoms with E-state index in [9.17, 15) is 4.79 Å². The van der Waals surface area contributed by atoms with Crippen LogP contribution in [0.1, 0.15) is 13.3 Å². The van der Waals surface area contributed by atoms with Crippen molar-refractivity contribution in [2.75, 3.05) is 6.67 Å². The second-order valence-electron chi connectivity index (χ2n) is 1.73. The van der Waals surface area contributed by atoms with E-state index in [-0.39, 0.29) is 5.78 Å². The number of hydrazine groups is 1. The van der Waals surface area contributed by atoms with Crippen LogP contribution in [0.15, 0.2) is 0 Å². The van der Waals surface area contributed by atoms with E-state index in [0.29, 0.717) is 6.42 Å². The molecule has 0 spiro atoms. The lowest BCUT2D eigenvalue weighted by molar-refractivity contribution is -0.366. The fraction of sp³-hybridized carbons (Fsp3) is 0.600. The lowest BCUT2D eigenvalue weighted by Crippen LogP contribution is -2.01. The van der Waals surface area contributed by atoms with Crippen LogP contribution in [0.4, 0.5) is 0 Å². The van der Waals surface area contributed by atoms with Crippen molar-refractivity contribution in [2.24, 2.45) is 0 Å². The Morgan fingerprint density at radius 3 is 3.00 bits per heavy atom. The molecule has 1 aliphatic rings. The molecule has 1 N–H and O–H groups in total. The molecular weight excluding hydrogens is 104 g/mol. The zero-order valence-electron chi connectivity index (χ0n) is 4.85. The van der Waals surface area contributed by atoms with Crippen molar-refractivity contribution in [1.29, 1.82) is 0 Å². The fourth-order valence-electron chi connectivity index (χ4n) is 0.397. The number of carbonyl (C=O) groups excluding carboxylic acids is 1. The molecule has 1 fully saturated rings. The average Bonchev–Trinajstić information content (AvgIpc) is 2.50. The topological polar surface area (TPSA) is 42.0 Å². The van der Waals surface area contributed by atoms with Gasteiger partial charge in [-0.05, 0) is 0 Å². The Balaban J connectivity index is 2.37. The average molecular weight is 113 g/mol. The highest BCUT2D eigenvalue weighted by Crippen LogP contribution is 1.81. The van der Waals surface area contributed by atoms with Crippen LogP contribution in [-0.2, 0) is 4.79 Å². The quantitative estimate of drug-likeness (QED) is 0.388. The van der Waals surface area contributed by atoms with Crippen molar-refractivity contribution < 1.29 is 9.48 Å². The highest BCUT2D eigenvalue weighted by Gasteiger charge is 2.19. The summed E-state index contributed by atoms with van der Waals surface area (Å²) in [5, 5.41) is 0. The van der Waals surface area contributed by atoms with Gasteiger partial charge in [-0.25, -0.2) is 0 Å². The van der Waals surface area contributed by atoms with Crippen LogP contribution in [0.3, 0.4) is 0 Å². The molecule has 44 valence electrons. The first-order chi connectivity index (χ1) is 3.83. The molecule has 0 saturated carbocycles. The summed E-state index contributed by atoms with van der Waals surface area (Å²) in [6.07, 6.45) is 2.18. The third-order valence-electron chi connectivity index (χ3n) is 0.989. The number of hydrogen-bond acceptors (Lipinski definition) is 2. The van der Waals surface area contributed by atoms with Gasteiger partial charge in [0, 0.05) is 6.42 Å². The molecule has 0 aromatic heterocycles. The standard InChI is InChI=1S/C5H8N2O/c1-2-5(8)3-7-4-6-7/h3H,2,4H2,1H3/p+1. The van der Waals surface area contributed by atoms with Crippen molar-refractivity contribution >= 4 is 12.0 Å². The van der Waals surface area contributed by atoms with Crippen LogP contribution in [0.5, 0.6) is 0 Å². The zero-order valence-corrected chi connectivity index (χ0v) is 4.85. The predicted molar refractivity (Wildman–Crippen MR) is 29.6 cm³/mol. The Kier molecular flexibility index (Phi) is 1.28. The van der Waals surface area contributed by atoms with Gasteiger partial charge in [-0.15, -0.1) is 5.43 Å². The van der Waals surface area contributed by atoms with Gasteiger partial charge in [0.15, 0.2) is 0 Å². The molecular formula is C5H9N2O+. The van der Waals surface area contributed by atoms with E-state index in [1.54, 1.807) is 10.9 Å². The van der Waals surface area contributed by atoms with Gasteiger partial charge < -0.3 is 0 Å². The summed E-state index contributed by atoms with van der Waals surface area (Å²) in [4.78, 5) is 10.5. The molecule has 0 aromatic rings. The minimum absolute atomic E-state index is 0.176. The molecule has 1 rings (SSSR count). The number of hydrogen-bond donors (Lipinski definition) is 1. The zero-order chi connectivity index (χ0) is 5.98. The maximum atomic E-state index is 10.5. The van der Waals surface area contributed by atoms with Crippen molar-refractivity contribution in [3.63, 3.8) is 0 Å². The summed E-state index contributed by atoms with van der Waals surface area (Å²) in [7, 11) is 0. The van der Waals surface area contributed by atoms with E-state index in [1.165, 1.54) is 0 Å². The number of rotatable bonds is 2. The van der Waals surface area contributed by atoms with Gasteiger partial charge in [0.2, 0.25) is 12.0 Å². The van der Waals surface area contributed by atoms with Crippen LogP contribution >= 0.6 is 0 Å². The lowest BCUT2D eigenvalue weighted by atomic mass is 10.3. The summed E-state index contributed by atoms with van der Waals surface area (Å²) < 4.78 is 1.76. The van der Waals surface area contributed by atoms with E-state index < -0.39 is 0 Å². The van der Waals surface area contributed by atoms with Crippen LogP contribution in [0, 0.1) is 0 Å². The number of Topliss-reactive ketones (excluding diaryl/α,β-unsaturated/α-hetero) is 1. The first kappa shape index (κ1) is 5.28. The van der Waals surface area contributed by atoms with E-state index in [4.69, 9.17) is 0 Å². The Hall–Kier alpha value is -0.860. The highest BCUT2D eigenvalue weighted by molar-refractivity contribution is 6.25. The summed E-state index contributed by atoms with van der Waals surface area (Å²) in [6.45, 7) is 2.67. The molecule has 0 bridgehead atoms. The van der Waals surface area contributed by atoms with Gasteiger partial charge in [0.25, 0.3) is 6.67 Å².